The molecule has 0 spiro atoms. The zero-order valence-corrected chi connectivity index (χ0v) is 15.5. The average Bonchev–Trinajstić information content (AvgIpc) is 2.73. The molecule has 1 aromatic heterocycles. The molecule has 0 unspecified atom stereocenters. The SMILES string of the molecule is COc1cccc(OCCNC(=O)c2ccc(=O)n(Cc3ccccc3)n2)c1. The molecule has 7 heteroatoms. The van der Waals surface area contributed by atoms with Gasteiger partial charge in [0, 0.05) is 12.1 Å². The van der Waals surface area contributed by atoms with E-state index in [0.717, 1.165) is 5.56 Å². The maximum absolute atomic E-state index is 12.3. The molecule has 0 saturated heterocycles. The van der Waals surface area contributed by atoms with E-state index in [-0.39, 0.29) is 17.2 Å². The van der Waals surface area contributed by atoms with Crippen LogP contribution in [0.4, 0.5) is 0 Å². The van der Waals surface area contributed by atoms with Gasteiger partial charge < -0.3 is 14.8 Å². The molecule has 28 heavy (non-hydrogen) atoms. The van der Waals surface area contributed by atoms with Gasteiger partial charge in [-0.25, -0.2) is 4.68 Å². The quantitative estimate of drug-likeness (QED) is 0.606. The number of hydrogen-bond donors (Lipinski definition) is 1. The minimum absolute atomic E-state index is 0.178. The van der Waals surface area contributed by atoms with Crippen LogP contribution in [0.15, 0.2) is 71.5 Å². The van der Waals surface area contributed by atoms with Crippen molar-refractivity contribution in [3.05, 3.63) is 88.3 Å². The van der Waals surface area contributed by atoms with E-state index < -0.39 is 0 Å². The highest BCUT2D eigenvalue weighted by Crippen LogP contribution is 2.18. The third-order valence-corrected chi connectivity index (χ3v) is 3.97. The van der Waals surface area contributed by atoms with Crippen molar-refractivity contribution < 1.29 is 14.3 Å². The lowest BCUT2D eigenvalue weighted by atomic mass is 10.2. The number of aromatic nitrogens is 2. The number of hydrogen-bond acceptors (Lipinski definition) is 5. The van der Waals surface area contributed by atoms with Crippen molar-refractivity contribution in [3.63, 3.8) is 0 Å². The molecule has 0 aliphatic carbocycles. The van der Waals surface area contributed by atoms with Gasteiger partial charge in [0.2, 0.25) is 0 Å². The summed E-state index contributed by atoms with van der Waals surface area (Å²) in [5.74, 6) is 0.991. The van der Waals surface area contributed by atoms with Gasteiger partial charge in [0.25, 0.3) is 11.5 Å². The highest BCUT2D eigenvalue weighted by Gasteiger charge is 2.09. The van der Waals surface area contributed by atoms with Gasteiger partial charge in [-0.3, -0.25) is 9.59 Å². The normalized spacial score (nSPS) is 10.3. The maximum Gasteiger partial charge on any atom is 0.271 e. The number of ether oxygens (including phenoxy) is 2. The summed E-state index contributed by atoms with van der Waals surface area (Å²) in [5.41, 5.74) is 0.847. The van der Waals surface area contributed by atoms with Crippen LogP contribution in [0, 0.1) is 0 Å². The molecule has 1 amide bonds. The van der Waals surface area contributed by atoms with E-state index in [4.69, 9.17) is 9.47 Å². The monoisotopic (exact) mass is 379 g/mol. The standard InChI is InChI=1S/C21H21N3O4/c1-27-17-8-5-9-18(14-17)28-13-12-22-21(26)19-10-11-20(25)24(23-19)15-16-6-3-2-4-7-16/h2-11,14H,12-13,15H2,1H3,(H,22,26). The summed E-state index contributed by atoms with van der Waals surface area (Å²) in [7, 11) is 1.59. The molecule has 0 aliphatic heterocycles. The second kappa shape index (κ2) is 9.36. The van der Waals surface area contributed by atoms with E-state index in [1.807, 2.05) is 48.5 Å². The third kappa shape index (κ3) is 5.20. The predicted molar refractivity (Wildman–Crippen MR) is 105 cm³/mol. The fourth-order valence-corrected chi connectivity index (χ4v) is 2.55. The molecule has 2 aromatic carbocycles. The Hall–Kier alpha value is -3.61. The number of benzene rings is 2. The first-order valence-corrected chi connectivity index (χ1v) is 8.83. The molecule has 1 N–H and O–H groups in total. The Labute approximate surface area is 162 Å². The number of methoxy groups -OCH3 is 1. The summed E-state index contributed by atoms with van der Waals surface area (Å²) in [6, 6.07) is 19.5. The summed E-state index contributed by atoms with van der Waals surface area (Å²) in [4.78, 5) is 24.3. The first kappa shape index (κ1) is 19.2. The van der Waals surface area contributed by atoms with Crippen LogP contribution >= 0.6 is 0 Å². The Morgan fingerprint density at radius 3 is 2.61 bits per heavy atom. The lowest BCUT2D eigenvalue weighted by molar-refractivity contribution is 0.0939. The van der Waals surface area contributed by atoms with E-state index >= 15 is 0 Å². The van der Waals surface area contributed by atoms with E-state index in [9.17, 15) is 9.59 Å². The van der Waals surface area contributed by atoms with Crippen LogP contribution in [0.2, 0.25) is 0 Å². The van der Waals surface area contributed by atoms with E-state index in [0.29, 0.717) is 31.2 Å². The molecule has 144 valence electrons. The molecule has 3 aromatic rings. The minimum atomic E-state index is -0.365. The van der Waals surface area contributed by atoms with Gasteiger partial charge >= 0.3 is 0 Å². The van der Waals surface area contributed by atoms with Crippen molar-refractivity contribution in [2.24, 2.45) is 0 Å². The Morgan fingerprint density at radius 1 is 1.04 bits per heavy atom. The molecule has 0 bridgehead atoms. The second-order valence-electron chi connectivity index (χ2n) is 5.98. The summed E-state index contributed by atoms with van der Waals surface area (Å²) < 4.78 is 12.0. The summed E-state index contributed by atoms with van der Waals surface area (Å²) in [6.45, 7) is 0.901. The first-order chi connectivity index (χ1) is 13.7. The Bertz CT molecular complexity index is 986. The number of nitrogens with zero attached hydrogens (tertiary/aromatic N) is 2. The fourth-order valence-electron chi connectivity index (χ4n) is 2.55. The molecule has 3 rings (SSSR count). The molecular formula is C21H21N3O4. The molecule has 0 saturated carbocycles. The van der Waals surface area contributed by atoms with Crippen molar-refractivity contribution >= 4 is 5.91 Å². The number of amides is 1. The topological polar surface area (TPSA) is 82.5 Å². The highest BCUT2D eigenvalue weighted by molar-refractivity contribution is 5.91. The number of carbonyl (C=O) groups is 1. The average molecular weight is 379 g/mol. The minimum Gasteiger partial charge on any atom is -0.497 e. The predicted octanol–water partition coefficient (Wildman–Crippen LogP) is 2.11. The summed E-state index contributed by atoms with van der Waals surface area (Å²) in [6.07, 6.45) is 0. The Morgan fingerprint density at radius 2 is 1.82 bits per heavy atom. The van der Waals surface area contributed by atoms with Crippen LogP contribution in [0.5, 0.6) is 11.5 Å². The van der Waals surface area contributed by atoms with Crippen molar-refractivity contribution in [3.8, 4) is 11.5 Å². The molecule has 1 heterocycles. The smallest absolute Gasteiger partial charge is 0.271 e. The molecule has 0 radical (unpaired) electrons. The van der Waals surface area contributed by atoms with Crippen LogP contribution < -0.4 is 20.3 Å². The summed E-state index contributed by atoms with van der Waals surface area (Å²) in [5, 5.41) is 6.90. The number of rotatable bonds is 8. The molecular weight excluding hydrogens is 358 g/mol. The molecule has 0 aliphatic rings. The fraction of sp³-hybridized carbons (Fsp3) is 0.190. The van der Waals surface area contributed by atoms with Crippen molar-refractivity contribution in [1.29, 1.82) is 0 Å². The molecule has 0 fully saturated rings. The lowest BCUT2D eigenvalue weighted by Crippen LogP contribution is -2.32. The van der Waals surface area contributed by atoms with Crippen molar-refractivity contribution in [2.75, 3.05) is 20.3 Å². The van der Waals surface area contributed by atoms with Crippen LogP contribution in [-0.2, 0) is 6.54 Å². The van der Waals surface area contributed by atoms with E-state index in [1.165, 1.54) is 16.8 Å². The third-order valence-electron chi connectivity index (χ3n) is 3.97. The highest BCUT2D eigenvalue weighted by atomic mass is 16.5. The van der Waals surface area contributed by atoms with Crippen LogP contribution in [0.25, 0.3) is 0 Å². The van der Waals surface area contributed by atoms with E-state index in [1.54, 1.807) is 13.2 Å². The van der Waals surface area contributed by atoms with Crippen LogP contribution in [0.3, 0.4) is 0 Å². The number of nitrogens with one attached hydrogen (secondary N) is 1. The van der Waals surface area contributed by atoms with Crippen molar-refractivity contribution in [1.82, 2.24) is 15.1 Å². The molecule has 7 nitrogen and oxygen atoms in total. The van der Waals surface area contributed by atoms with Gasteiger partial charge in [0.05, 0.1) is 20.2 Å². The summed E-state index contributed by atoms with van der Waals surface area (Å²) >= 11 is 0. The van der Waals surface area contributed by atoms with Gasteiger partial charge in [-0.05, 0) is 23.8 Å². The van der Waals surface area contributed by atoms with Gasteiger partial charge in [-0.1, -0.05) is 36.4 Å². The van der Waals surface area contributed by atoms with Gasteiger partial charge in [-0.2, -0.15) is 5.10 Å². The zero-order chi connectivity index (χ0) is 19.8. The second-order valence-corrected chi connectivity index (χ2v) is 5.98. The maximum atomic E-state index is 12.3. The van der Waals surface area contributed by atoms with Gasteiger partial charge in [0.1, 0.15) is 23.8 Å². The van der Waals surface area contributed by atoms with Crippen molar-refractivity contribution in [2.45, 2.75) is 6.54 Å². The Balaban J connectivity index is 1.55. The zero-order valence-electron chi connectivity index (χ0n) is 15.5. The van der Waals surface area contributed by atoms with Gasteiger partial charge in [-0.15, -0.1) is 0 Å². The first-order valence-electron chi connectivity index (χ1n) is 8.83. The Kier molecular flexibility index (Phi) is 6.41. The largest absolute Gasteiger partial charge is 0.497 e. The van der Waals surface area contributed by atoms with Crippen LogP contribution in [-0.4, -0.2) is 35.9 Å². The number of carbonyl (C=O) groups excluding carboxylic acids is 1. The van der Waals surface area contributed by atoms with Crippen LogP contribution in [0.1, 0.15) is 16.1 Å². The van der Waals surface area contributed by atoms with E-state index in [2.05, 4.69) is 10.4 Å². The van der Waals surface area contributed by atoms with Gasteiger partial charge in [0.15, 0.2) is 0 Å². The molecule has 0 atom stereocenters. The lowest BCUT2D eigenvalue weighted by Gasteiger charge is -2.10.